The van der Waals surface area contributed by atoms with Crippen LogP contribution in [0.25, 0.3) is 0 Å². The van der Waals surface area contributed by atoms with E-state index in [1.165, 1.54) is 17.3 Å². The normalized spacial score (nSPS) is 11.0. The van der Waals surface area contributed by atoms with Crippen LogP contribution < -0.4 is 16.4 Å². The van der Waals surface area contributed by atoms with Crippen LogP contribution in [0.15, 0.2) is 53.4 Å². The molecule has 2 rings (SSSR count). The molecule has 0 aliphatic carbocycles. The average Bonchev–Trinajstić information content (AvgIpc) is 2.58. The molecule has 138 valence electrons. The smallest absolute Gasteiger partial charge is 0.316 e. The van der Waals surface area contributed by atoms with Crippen LogP contribution in [0.4, 0.5) is 10.5 Å². The van der Waals surface area contributed by atoms with Crippen molar-refractivity contribution in [3.05, 3.63) is 59.7 Å². The summed E-state index contributed by atoms with van der Waals surface area (Å²) in [6.07, 6.45) is 0. The molecule has 0 aliphatic heterocycles. The Morgan fingerprint density at radius 1 is 1.00 bits per heavy atom. The van der Waals surface area contributed by atoms with Crippen molar-refractivity contribution in [2.45, 2.75) is 37.6 Å². The number of nitrogens with one attached hydrogen (secondary N) is 2. The molecule has 3 amide bonds. The molecule has 5 nitrogen and oxygen atoms in total. The number of rotatable bonds is 6. The first-order valence-corrected chi connectivity index (χ1v) is 9.38. The topological polar surface area (TPSA) is 84.2 Å². The SMILES string of the molecule is CC(C)(C)c1ccc(SCC(=O)NCc2ccc(NC(N)=O)cc2)cc1. The van der Waals surface area contributed by atoms with Crippen molar-refractivity contribution in [3.63, 3.8) is 0 Å². The van der Waals surface area contributed by atoms with Crippen LogP contribution in [-0.2, 0) is 16.8 Å². The number of nitrogens with two attached hydrogens (primary N) is 1. The highest BCUT2D eigenvalue weighted by molar-refractivity contribution is 8.00. The lowest BCUT2D eigenvalue weighted by molar-refractivity contribution is -0.118. The van der Waals surface area contributed by atoms with E-state index in [0.29, 0.717) is 18.0 Å². The lowest BCUT2D eigenvalue weighted by Crippen LogP contribution is -2.24. The minimum absolute atomic E-state index is 0.0192. The number of thioether (sulfide) groups is 1. The largest absolute Gasteiger partial charge is 0.351 e. The van der Waals surface area contributed by atoms with E-state index in [1.54, 1.807) is 12.1 Å². The van der Waals surface area contributed by atoms with Gasteiger partial charge in [0, 0.05) is 17.1 Å². The lowest BCUT2D eigenvalue weighted by Gasteiger charge is -2.19. The first kappa shape index (κ1) is 19.8. The minimum Gasteiger partial charge on any atom is -0.351 e. The van der Waals surface area contributed by atoms with Crippen LogP contribution in [0.5, 0.6) is 0 Å². The van der Waals surface area contributed by atoms with E-state index in [0.717, 1.165) is 10.5 Å². The van der Waals surface area contributed by atoms with Gasteiger partial charge in [0.05, 0.1) is 5.75 Å². The molecule has 2 aromatic rings. The third-order valence-corrected chi connectivity index (χ3v) is 4.81. The van der Waals surface area contributed by atoms with E-state index in [-0.39, 0.29) is 11.3 Å². The third-order valence-electron chi connectivity index (χ3n) is 3.80. The van der Waals surface area contributed by atoms with Crippen LogP contribution in [0, 0.1) is 0 Å². The number of hydrogen-bond acceptors (Lipinski definition) is 3. The molecular weight excluding hydrogens is 346 g/mol. The van der Waals surface area contributed by atoms with E-state index in [2.05, 4.69) is 55.7 Å². The monoisotopic (exact) mass is 371 g/mol. The van der Waals surface area contributed by atoms with Crippen molar-refractivity contribution in [3.8, 4) is 0 Å². The molecular formula is C20H25N3O2S. The van der Waals surface area contributed by atoms with Gasteiger partial charge in [-0.1, -0.05) is 45.0 Å². The van der Waals surface area contributed by atoms with Crippen molar-refractivity contribution in [2.75, 3.05) is 11.1 Å². The lowest BCUT2D eigenvalue weighted by atomic mass is 9.87. The van der Waals surface area contributed by atoms with Gasteiger partial charge in [-0.3, -0.25) is 4.79 Å². The van der Waals surface area contributed by atoms with E-state index in [1.807, 2.05) is 12.1 Å². The Bertz CT molecular complexity index is 750. The fourth-order valence-corrected chi connectivity index (χ4v) is 3.03. The van der Waals surface area contributed by atoms with Crippen LogP contribution in [-0.4, -0.2) is 17.7 Å². The van der Waals surface area contributed by atoms with Crippen LogP contribution in [0.1, 0.15) is 31.9 Å². The maximum absolute atomic E-state index is 12.0. The molecule has 0 bridgehead atoms. The molecule has 26 heavy (non-hydrogen) atoms. The van der Waals surface area contributed by atoms with E-state index in [9.17, 15) is 9.59 Å². The maximum atomic E-state index is 12.0. The highest BCUT2D eigenvalue weighted by atomic mass is 32.2. The Labute approximate surface area is 158 Å². The zero-order valence-electron chi connectivity index (χ0n) is 15.3. The Morgan fingerprint density at radius 3 is 2.15 bits per heavy atom. The van der Waals surface area contributed by atoms with Gasteiger partial charge in [-0.05, 0) is 40.8 Å². The highest BCUT2D eigenvalue weighted by Crippen LogP contribution is 2.25. The number of primary amides is 1. The molecule has 4 N–H and O–H groups in total. The number of benzene rings is 2. The second kappa shape index (κ2) is 8.76. The Kier molecular flexibility index (Phi) is 6.69. The van der Waals surface area contributed by atoms with Crippen LogP contribution in [0.2, 0.25) is 0 Å². The molecule has 0 saturated heterocycles. The summed E-state index contributed by atoms with van der Waals surface area (Å²) in [5.41, 5.74) is 8.05. The first-order valence-electron chi connectivity index (χ1n) is 8.39. The van der Waals surface area contributed by atoms with Gasteiger partial charge >= 0.3 is 6.03 Å². The molecule has 0 aromatic heterocycles. The third kappa shape index (κ3) is 6.44. The highest BCUT2D eigenvalue weighted by Gasteiger charge is 2.13. The van der Waals surface area contributed by atoms with Gasteiger partial charge in [-0.2, -0.15) is 0 Å². The molecule has 0 heterocycles. The van der Waals surface area contributed by atoms with Crippen molar-refractivity contribution in [1.82, 2.24) is 5.32 Å². The predicted octanol–water partition coefficient (Wildman–Crippen LogP) is 3.88. The molecule has 0 unspecified atom stereocenters. The second-order valence-electron chi connectivity index (χ2n) is 7.03. The molecule has 0 radical (unpaired) electrons. The molecule has 0 atom stereocenters. The van der Waals surface area contributed by atoms with Crippen molar-refractivity contribution in [1.29, 1.82) is 0 Å². The molecule has 0 saturated carbocycles. The number of amides is 3. The summed E-state index contributed by atoms with van der Waals surface area (Å²) in [5.74, 6) is 0.352. The summed E-state index contributed by atoms with van der Waals surface area (Å²) in [6, 6.07) is 14.9. The Morgan fingerprint density at radius 2 is 1.62 bits per heavy atom. The van der Waals surface area contributed by atoms with Gasteiger partial charge in [-0.25, -0.2) is 4.79 Å². The number of urea groups is 1. The van der Waals surface area contributed by atoms with E-state index in [4.69, 9.17) is 5.73 Å². The predicted molar refractivity (Wildman–Crippen MR) is 107 cm³/mol. The first-order chi connectivity index (χ1) is 12.2. The van der Waals surface area contributed by atoms with Gasteiger partial charge in [0.15, 0.2) is 0 Å². The summed E-state index contributed by atoms with van der Waals surface area (Å²) in [7, 11) is 0. The molecule has 6 heteroatoms. The fraction of sp³-hybridized carbons (Fsp3) is 0.300. The zero-order valence-corrected chi connectivity index (χ0v) is 16.2. The average molecular weight is 372 g/mol. The quantitative estimate of drug-likeness (QED) is 0.674. The zero-order chi connectivity index (χ0) is 19.2. The van der Waals surface area contributed by atoms with Gasteiger partial charge in [-0.15, -0.1) is 11.8 Å². The van der Waals surface area contributed by atoms with Gasteiger partial charge in [0.25, 0.3) is 0 Å². The Hall–Kier alpha value is -2.47. The van der Waals surface area contributed by atoms with E-state index < -0.39 is 6.03 Å². The molecule has 0 spiro atoms. The summed E-state index contributed by atoms with van der Waals surface area (Å²) in [4.78, 5) is 23.9. The maximum Gasteiger partial charge on any atom is 0.316 e. The van der Waals surface area contributed by atoms with Crippen molar-refractivity contribution >= 4 is 29.4 Å². The van der Waals surface area contributed by atoms with Gasteiger partial charge in [0.1, 0.15) is 0 Å². The summed E-state index contributed by atoms with van der Waals surface area (Å²) in [5, 5.41) is 5.39. The Balaban J connectivity index is 1.77. The van der Waals surface area contributed by atoms with Crippen LogP contribution >= 0.6 is 11.8 Å². The summed E-state index contributed by atoms with van der Waals surface area (Å²) >= 11 is 1.52. The number of hydrogen-bond donors (Lipinski definition) is 3. The number of anilines is 1. The van der Waals surface area contributed by atoms with Crippen molar-refractivity contribution < 1.29 is 9.59 Å². The molecule has 0 aliphatic rings. The van der Waals surface area contributed by atoms with Crippen molar-refractivity contribution in [2.24, 2.45) is 5.73 Å². The van der Waals surface area contributed by atoms with E-state index >= 15 is 0 Å². The van der Waals surface area contributed by atoms with Crippen LogP contribution in [0.3, 0.4) is 0 Å². The molecule has 0 fully saturated rings. The van der Waals surface area contributed by atoms with Gasteiger partial charge < -0.3 is 16.4 Å². The fourth-order valence-electron chi connectivity index (χ4n) is 2.30. The molecule has 2 aromatic carbocycles. The minimum atomic E-state index is -0.599. The number of carbonyl (C=O) groups excluding carboxylic acids is 2. The second-order valence-corrected chi connectivity index (χ2v) is 8.07. The summed E-state index contributed by atoms with van der Waals surface area (Å²) in [6.45, 7) is 6.98. The van der Waals surface area contributed by atoms with Gasteiger partial charge in [0.2, 0.25) is 5.91 Å². The summed E-state index contributed by atoms with van der Waals surface area (Å²) < 4.78 is 0. The number of carbonyl (C=O) groups is 2. The standard InChI is InChI=1S/C20H25N3O2S/c1-20(2,3)15-6-10-17(11-7-15)26-13-18(24)22-12-14-4-8-16(9-5-14)23-19(21)25/h4-11H,12-13H2,1-3H3,(H,22,24)(H3,21,23,25).